The fourth-order valence-corrected chi connectivity index (χ4v) is 3.68. The average molecular weight is 341 g/mol. The van der Waals surface area contributed by atoms with Gasteiger partial charge in [-0.2, -0.15) is 0 Å². The van der Waals surface area contributed by atoms with Crippen molar-refractivity contribution in [3.63, 3.8) is 0 Å². The molecule has 0 bridgehead atoms. The molecule has 3 rings (SSSR count). The summed E-state index contributed by atoms with van der Waals surface area (Å²) in [6.07, 6.45) is 2.51. The van der Waals surface area contributed by atoms with Crippen molar-refractivity contribution >= 4 is 27.5 Å². The molecule has 0 aliphatic carbocycles. The number of hydrogen-bond acceptors (Lipinski definition) is 5. The van der Waals surface area contributed by atoms with Crippen LogP contribution in [0.1, 0.15) is 31.9 Å². The number of fused-ring (bicyclic) bond motifs is 1. The van der Waals surface area contributed by atoms with E-state index in [1.807, 2.05) is 29.6 Å². The van der Waals surface area contributed by atoms with E-state index >= 15 is 0 Å². The Labute approximate surface area is 143 Å². The summed E-state index contributed by atoms with van der Waals surface area (Å²) in [6.45, 7) is 3.79. The summed E-state index contributed by atoms with van der Waals surface area (Å²) in [6, 6.07) is 7.01. The molecule has 5 nitrogen and oxygen atoms in total. The average Bonchev–Trinajstić information content (AvgIpc) is 3.02. The quantitative estimate of drug-likeness (QED) is 0.714. The number of carbonyl (C=O) groups is 1. The number of rotatable bonds is 5. The number of aliphatic carboxylic acids is 1. The second kappa shape index (κ2) is 6.57. The molecular weight excluding hydrogens is 324 g/mol. The summed E-state index contributed by atoms with van der Waals surface area (Å²) in [5.74, 6) is -1.27. The van der Waals surface area contributed by atoms with Crippen molar-refractivity contribution in [3.05, 3.63) is 51.9 Å². The normalized spacial score (nSPS) is 12.4. The molecule has 0 aliphatic heterocycles. The zero-order valence-corrected chi connectivity index (χ0v) is 14.3. The fraction of sp³-hybridized carbons (Fsp3) is 0.278. The minimum atomic E-state index is -1.27. The molecule has 0 aliphatic rings. The molecule has 2 aromatic heterocycles. The summed E-state index contributed by atoms with van der Waals surface area (Å²) < 4.78 is 1.16. The van der Waals surface area contributed by atoms with Gasteiger partial charge in [0.25, 0.3) is 5.56 Å². The third-order valence-electron chi connectivity index (χ3n) is 4.19. The van der Waals surface area contributed by atoms with E-state index in [1.54, 1.807) is 6.92 Å². The molecule has 0 fully saturated rings. The number of carboxylic acid groups (broad SMARTS) is 1. The highest BCUT2D eigenvalue weighted by molar-refractivity contribution is 7.17. The van der Waals surface area contributed by atoms with E-state index in [1.165, 1.54) is 23.2 Å². The Bertz CT molecular complexity index is 941. The largest absolute Gasteiger partial charge is 0.548 e. The predicted octanol–water partition coefficient (Wildman–Crippen LogP) is 2.39. The zero-order valence-electron chi connectivity index (χ0n) is 13.5. The number of thiophene rings is 1. The summed E-state index contributed by atoms with van der Waals surface area (Å²) in [5.41, 5.74) is 2.60. The van der Waals surface area contributed by atoms with Gasteiger partial charge in [0.1, 0.15) is 4.83 Å². The number of aryl methyl sites for hydroxylation is 1. The first-order valence-corrected chi connectivity index (χ1v) is 8.73. The molecule has 2 heterocycles. The van der Waals surface area contributed by atoms with Crippen LogP contribution in [0, 0.1) is 0 Å². The Morgan fingerprint density at radius 1 is 1.29 bits per heavy atom. The van der Waals surface area contributed by atoms with Crippen molar-refractivity contribution in [2.75, 3.05) is 0 Å². The first-order chi connectivity index (χ1) is 11.6. The van der Waals surface area contributed by atoms with Gasteiger partial charge in [-0.1, -0.05) is 38.1 Å². The van der Waals surface area contributed by atoms with Crippen LogP contribution in [0.4, 0.5) is 0 Å². The van der Waals surface area contributed by atoms with Gasteiger partial charge in [-0.25, -0.2) is 4.98 Å². The van der Waals surface area contributed by atoms with Crippen LogP contribution < -0.4 is 10.7 Å². The minimum absolute atomic E-state index is 0.264. The van der Waals surface area contributed by atoms with E-state index in [0.717, 1.165) is 22.1 Å². The highest BCUT2D eigenvalue weighted by Crippen LogP contribution is 2.31. The maximum Gasteiger partial charge on any atom is 0.263 e. The first-order valence-electron chi connectivity index (χ1n) is 7.85. The summed E-state index contributed by atoms with van der Waals surface area (Å²) in [4.78, 5) is 29.0. The molecule has 0 unspecified atom stereocenters. The number of carboxylic acids is 1. The van der Waals surface area contributed by atoms with Crippen LogP contribution in [0.2, 0.25) is 0 Å². The Kier molecular flexibility index (Phi) is 4.49. The highest BCUT2D eigenvalue weighted by atomic mass is 32.1. The van der Waals surface area contributed by atoms with Gasteiger partial charge in [0.05, 0.1) is 23.7 Å². The maximum atomic E-state index is 12.9. The molecule has 6 heteroatoms. The van der Waals surface area contributed by atoms with E-state index in [0.29, 0.717) is 10.2 Å². The minimum Gasteiger partial charge on any atom is -0.548 e. The zero-order chi connectivity index (χ0) is 17.3. The van der Waals surface area contributed by atoms with Crippen molar-refractivity contribution in [2.45, 2.75) is 32.7 Å². The Morgan fingerprint density at radius 3 is 2.58 bits per heavy atom. The smallest absolute Gasteiger partial charge is 0.263 e. The second-order valence-corrected chi connectivity index (χ2v) is 6.44. The second-order valence-electron chi connectivity index (χ2n) is 5.58. The SMILES string of the molecule is CCc1ccc(-c2csc3ncn([C@@H](CC)C(=O)[O-])c(=O)c23)cc1. The number of carbonyl (C=O) groups excluding carboxylic acids is 1. The Balaban J connectivity index is 2.20. The van der Waals surface area contributed by atoms with Gasteiger partial charge in [-0.3, -0.25) is 9.36 Å². The molecule has 0 amide bonds. The van der Waals surface area contributed by atoms with Gasteiger partial charge in [0, 0.05) is 10.9 Å². The maximum absolute atomic E-state index is 12.9. The van der Waals surface area contributed by atoms with Crippen LogP contribution in [-0.4, -0.2) is 15.5 Å². The van der Waals surface area contributed by atoms with Crippen molar-refractivity contribution in [3.8, 4) is 11.1 Å². The number of nitrogens with zero attached hydrogens (tertiary/aromatic N) is 2. The van der Waals surface area contributed by atoms with Gasteiger partial charge in [-0.05, 0) is 24.0 Å². The van der Waals surface area contributed by atoms with Crippen molar-refractivity contribution in [1.82, 2.24) is 9.55 Å². The lowest BCUT2D eigenvalue weighted by Gasteiger charge is -2.18. The van der Waals surface area contributed by atoms with Crippen molar-refractivity contribution < 1.29 is 9.90 Å². The van der Waals surface area contributed by atoms with Crippen LogP contribution in [0.15, 0.2) is 40.8 Å². The molecule has 1 atom stereocenters. The van der Waals surface area contributed by atoms with E-state index in [4.69, 9.17) is 0 Å². The third-order valence-corrected chi connectivity index (χ3v) is 5.07. The van der Waals surface area contributed by atoms with Crippen LogP contribution in [0.25, 0.3) is 21.3 Å². The lowest BCUT2D eigenvalue weighted by Crippen LogP contribution is -2.37. The van der Waals surface area contributed by atoms with Crippen molar-refractivity contribution in [1.29, 1.82) is 0 Å². The van der Waals surface area contributed by atoms with Gasteiger partial charge >= 0.3 is 0 Å². The van der Waals surface area contributed by atoms with E-state index < -0.39 is 12.0 Å². The predicted molar refractivity (Wildman–Crippen MR) is 93.0 cm³/mol. The molecule has 3 aromatic rings. The van der Waals surface area contributed by atoms with E-state index in [2.05, 4.69) is 11.9 Å². The van der Waals surface area contributed by atoms with Gasteiger partial charge in [-0.15, -0.1) is 11.3 Å². The van der Waals surface area contributed by atoms with Crippen molar-refractivity contribution in [2.24, 2.45) is 0 Å². The van der Waals surface area contributed by atoms with Crippen LogP contribution in [0.5, 0.6) is 0 Å². The molecule has 0 radical (unpaired) electrons. The summed E-state index contributed by atoms with van der Waals surface area (Å²) in [7, 11) is 0. The Hall–Kier alpha value is -2.47. The van der Waals surface area contributed by atoms with Gasteiger partial charge in [0.15, 0.2) is 0 Å². The molecule has 124 valence electrons. The number of hydrogen-bond donors (Lipinski definition) is 0. The van der Waals surface area contributed by atoms with Gasteiger partial charge in [0.2, 0.25) is 0 Å². The lowest BCUT2D eigenvalue weighted by atomic mass is 10.0. The molecular formula is C18H17N2O3S-. The molecule has 0 saturated heterocycles. The first kappa shape index (κ1) is 16.4. The molecule has 0 spiro atoms. The topological polar surface area (TPSA) is 75.0 Å². The number of aromatic nitrogens is 2. The van der Waals surface area contributed by atoms with Crippen LogP contribution >= 0.6 is 11.3 Å². The molecule has 0 saturated carbocycles. The summed E-state index contributed by atoms with van der Waals surface area (Å²) in [5, 5.41) is 13.6. The lowest BCUT2D eigenvalue weighted by molar-refractivity contribution is -0.310. The fourth-order valence-electron chi connectivity index (χ4n) is 2.78. The Morgan fingerprint density at radius 2 is 2.00 bits per heavy atom. The van der Waals surface area contributed by atoms with Gasteiger partial charge < -0.3 is 9.90 Å². The highest BCUT2D eigenvalue weighted by Gasteiger charge is 2.17. The monoisotopic (exact) mass is 341 g/mol. The standard InChI is InChI=1S/C18H18N2O3S/c1-3-11-5-7-12(8-6-11)13-9-24-16-15(13)17(21)20(10-19-16)14(4-2)18(22)23/h5-10,14H,3-4H2,1-2H3,(H,22,23)/p-1/t14-/m0/s1. The molecule has 24 heavy (non-hydrogen) atoms. The summed E-state index contributed by atoms with van der Waals surface area (Å²) >= 11 is 1.38. The van der Waals surface area contributed by atoms with E-state index in [9.17, 15) is 14.7 Å². The number of benzene rings is 1. The molecule has 1 aromatic carbocycles. The molecule has 0 N–H and O–H groups in total. The van der Waals surface area contributed by atoms with E-state index in [-0.39, 0.29) is 12.0 Å². The third kappa shape index (κ3) is 2.73. The van der Waals surface area contributed by atoms with Crippen LogP contribution in [-0.2, 0) is 11.2 Å². The van der Waals surface area contributed by atoms with Crippen LogP contribution in [0.3, 0.4) is 0 Å².